The molecule has 31 heavy (non-hydrogen) atoms. The van der Waals surface area contributed by atoms with Crippen LogP contribution in [0.2, 0.25) is 0 Å². The van der Waals surface area contributed by atoms with E-state index in [0.29, 0.717) is 22.7 Å². The van der Waals surface area contributed by atoms with Gasteiger partial charge in [0.2, 0.25) is 5.91 Å². The third-order valence-electron chi connectivity index (χ3n) is 5.07. The highest BCUT2D eigenvalue weighted by Crippen LogP contribution is 2.39. The van der Waals surface area contributed by atoms with Gasteiger partial charge >= 0.3 is 0 Å². The SMILES string of the molecule is CC(=O)c1oc2ccccc2c1NC(=O)CSc1nnc(Cc2cccs2)n1C1CC1. The molecule has 0 bridgehead atoms. The van der Waals surface area contributed by atoms with E-state index in [2.05, 4.69) is 31.5 Å². The molecule has 0 aliphatic heterocycles. The Bertz CT molecular complexity index is 1260. The first-order chi connectivity index (χ1) is 15.1. The van der Waals surface area contributed by atoms with Crippen LogP contribution in [0.3, 0.4) is 0 Å². The van der Waals surface area contributed by atoms with Gasteiger partial charge in [-0.25, -0.2) is 0 Å². The molecular weight excluding hydrogens is 432 g/mol. The third-order valence-corrected chi connectivity index (χ3v) is 6.89. The van der Waals surface area contributed by atoms with Gasteiger partial charge in [0.05, 0.1) is 11.4 Å². The molecule has 0 unspecified atom stereocenters. The van der Waals surface area contributed by atoms with E-state index in [1.165, 1.54) is 23.6 Å². The monoisotopic (exact) mass is 452 g/mol. The number of Topliss-reactive ketones (excluding diaryl/α,β-unsaturated/α-hetero) is 1. The largest absolute Gasteiger partial charge is 0.451 e. The number of nitrogens with one attached hydrogen (secondary N) is 1. The van der Waals surface area contributed by atoms with Crippen molar-refractivity contribution in [3.63, 3.8) is 0 Å². The fourth-order valence-electron chi connectivity index (χ4n) is 3.52. The van der Waals surface area contributed by atoms with Crippen LogP contribution in [0, 0.1) is 0 Å². The van der Waals surface area contributed by atoms with E-state index >= 15 is 0 Å². The van der Waals surface area contributed by atoms with Crippen molar-refractivity contribution >= 4 is 51.4 Å². The van der Waals surface area contributed by atoms with Crippen molar-refractivity contribution < 1.29 is 14.0 Å². The Morgan fingerprint density at radius 2 is 2.06 bits per heavy atom. The summed E-state index contributed by atoms with van der Waals surface area (Å²) in [6.45, 7) is 1.43. The van der Waals surface area contributed by atoms with Crippen LogP contribution >= 0.6 is 23.1 Å². The molecule has 1 amide bonds. The fourth-order valence-corrected chi connectivity index (χ4v) is 5.04. The van der Waals surface area contributed by atoms with E-state index in [1.54, 1.807) is 17.4 Å². The van der Waals surface area contributed by atoms with Gasteiger partial charge in [-0.1, -0.05) is 30.0 Å². The fraction of sp³-hybridized carbons (Fsp3) is 0.273. The molecule has 0 spiro atoms. The maximum absolute atomic E-state index is 12.7. The van der Waals surface area contributed by atoms with E-state index in [1.807, 2.05) is 24.3 Å². The summed E-state index contributed by atoms with van der Waals surface area (Å²) >= 11 is 3.07. The van der Waals surface area contributed by atoms with Crippen molar-refractivity contribution in [3.8, 4) is 0 Å². The summed E-state index contributed by atoms with van der Waals surface area (Å²) in [4.78, 5) is 25.9. The highest BCUT2D eigenvalue weighted by Gasteiger charge is 2.30. The van der Waals surface area contributed by atoms with Crippen molar-refractivity contribution in [2.24, 2.45) is 0 Å². The van der Waals surface area contributed by atoms with Gasteiger partial charge in [0.1, 0.15) is 11.4 Å². The van der Waals surface area contributed by atoms with Crippen LogP contribution in [0.5, 0.6) is 0 Å². The van der Waals surface area contributed by atoms with E-state index < -0.39 is 0 Å². The molecule has 5 rings (SSSR count). The Morgan fingerprint density at radius 3 is 2.81 bits per heavy atom. The van der Waals surface area contributed by atoms with Crippen molar-refractivity contribution in [1.29, 1.82) is 0 Å². The minimum Gasteiger partial charge on any atom is -0.451 e. The van der Waals surface area contributed by atoms with Crippen LogP contribution in [0.1, 0.15) is 47.1 Å². The smallest absolute Gasteiger partial charge is 0.234 e. The molecule has 1 aromatic carbocycles. The van der Waals surface area contributed by atoms with Crippen LogP contribution in [0.15, 0.2) is 51.4 Å². The summed E-state index contributed by atoms with van der Waals surface area (Å²) in [6.07, 6.45) is 2.97. The number of anilines is 1. The first kappa shape index (κ1) is 20.0. The highest BCUT2D eigenvalue weighted by atomic mass is 32.2. The van der Waals surface area contributed by atoms with Gasteiger partial charge in [-0.05, 0) is 36.4 Å². The maximum atomic E-state index is 12.7. The first-order valence-electron chi connectivity index (χ1n) is 10.0. The molecule has 3 heterocycles. The van der Waals surface area contributed by atoms with Crippen molar-refractivity contribution in [2.75, 3.05) is 11.1 Å². The van der Waals surface area contributed by atoms with Crippen LogP contribution in [-0.2, 0) is 11.2 Å². The lowest BCUT2D eigenvalue weighted by atomic mass is 10.2. The van der Waals surface area contributed by atoms with Crippen molar-refractivity contribution in [2.45, 2.75) is 37.4 Å². The third kappa shape index (κ3) is 4.15. The predicted octanol–water partition coefficient (Wildman–Crippen LogP) is 4.94. The van der Waals surface area contributed by atoms with Crippen LogP contribution < -0.4 is 5.32 Å². The summed E-state index contributed by atoms with van der Waals surface area (Å²) in [5, 5.41) is 15.1. The lowest BCUT2D eigenvalue weighted by molar-refractivity contribution is -0.113. The number of thiophene rings is 1. The van der Waals surface area contributed by atoms with E-state index in [0.717, 1.165) is 30.2 Å². The Morgan fingerprint density at radius 1 is 1.23 bits per heavy atom. The number of benzene rings is 1. The van der Waals surface area contributed by atoms with Gasteiger partial charge in [-0.15, -0.1) is 21.5 Å². The number of carbonyl (C=O) groups excluding carboxylic acids is 2. The van der Waals surface area contributed by atoms with Crippen molar-refractivity contribution in [3.05, 3.63) is 58.2 Å². The maximum Gasteiger partial charge on any atom is 0.234 e. The molecule has 0 saturated heterocycles. The summed E-state index contributed by atoms with van der Waals surface area (Å²) in [6, 6.07) is 11.8. The molecular formula is C22H20N4O3S2. The number of nitrogens with zero attached hydrogens (tertiary/aromatic N) is 3. The Balaban J connectivity index is 1.32. The molecule has 1 saturated carbocycles. The number of para-hydroxylation sites is 1. The second-order valence-corrected chi connectivity index (χ2v) is 9.43. The molecule has 3 aromatic heterocycles. The van der Waals surface area contributed by atoms with Crippen LogP contribution in [0.4, 0.5) is 5.69 Å². The number of thioether (sulfide) groups is 1. The molecule has 0 radical (unpaired) electrons. The minimum atomic E-state index is -0.231. The van der Waals surface area contributed by atoms with Gasteiger partial charge < -0.3 is 14.3 Å². The average molecular weight is 453 g/mol. The average Bonchev–Trinajstić information content (AvgIpc) is 3.16. The topological polar surface area (TPSA) is 90.0 Å². The quantitative estimate of drug-likeness (QED) is 0.301. The predicted molar refractivity (Wildman–Crippen MR) is 121 cm³/mol. The van der Waals surface area contributed by atoms with E-state index in [4.69, 9.17) is 4.42 Å². The molecule has 1 aliphatic rings. The zero-order valence-corrected chi connectivity index (χ0v) is 18.5. The number of hydrogen-bond donors (Lipinski definition) is 1. The second-order valence-electron chi connectivity index (χ2n) is 7.45. The molecule has 1 N–H and O–H groups in total. The Labute approximate surface area is 186 Å². The minimum absolute atomic E-state index is 0.166. The number of carbonyl (C=O) groups is 2. The number of hydrogen-bond acceptors (Lipinski definition) is 7. The summed E-state index contributed by atoms with van der Waals surface area (Å²) in [5.41, 5.74) is 0.998. The summed E-state index contributed by atoms with van der Waals surface area (Å²) in [5.74, 6) is 0.822. The summed E-state index contributed by atoms with van der Waals surface area (Å²) in [7, 11) is 0. The van der Waals surface area contributed by atoms with Gasteiger partial charge in [0.15, 0.2) is 16.7 Å². The second kappa shape index (κ2) is 8.32. The van der Waals surface area contributed by atoms with E-state index in [9.17, 15) is 9.59 Å². The van der Waals surface area contributed by atoms with E-state index in [-0.39, 0.29) is 23.2 Å². The highest BCUT2D eigenvalue weighted by molar-refractivity contribution is 7.99. The first-order valence-corrected chi connectivity index (χ1v) is 11.9. The molecule has 7 nitrogen and oxygen atoms in total. The zero-order chi connectivity index (χ0) is 21.4. The van der Waals surface area contributed by atoms with Gasteiger partial charge in [0.25, 0.3) is 0 Å². The van der Waals surface area contributed by atoms with Crippen LogP contribution in [0.25, 0.3) is 11.0 Å². The Kier molecular flexibility index (Phi) is 5.37. The van der Waals surface area contributed by atoms with Crippen LogP contribution in [-0.4, -0.2) is 32.2 Å². The van der Waals surface area contributed by atoms with Gasteiger partial charge in [0, 0.05) is 29.6 Å². The lowest BCUT2D eigenvalue weighted by Crippen LogP contribution is -2.16. The molecule has 4 aromatic rings. The number of fused-ring (bicyclic) bond motifs is 1. The molecule has 158 valence electrons. The summed E-state index contributed by atoms with van der Waals surface area (Å²) < 4.78 is 7.81. The molecule has 0 atom stereocenters. The lowest BCUT2D eigenvalue weighted by Gasteiger charge is -2.08. The van der Waals surface area contributed by atoms with Crippen molar-refractivity contribution in [1.82, 2.24) is 14.8 Å². The Hall–Kier alpha value is -2.91. The molecule has 1 aliphatic carbocycles. The standard InChI is InChI=1S/C22H20N4O3S2/c1-13(27)21-20(16-6-2-3-7-17(16)29-21)23-19(28)12-31-22-25-24-18(26(22)14-8-9-14)11-15-5-4-10-30-15/h2-7,10,14H,8-9,11-12H2,1H3,(H,23,28). The number of furan rings is 1. The number of ketones is 1. The van der Waals surface area contributed by atoms with Gasteiger partial charge in [-0.2, -0.15) is 0 Å². The number of rotatable bonds is 8. The molecule has 1 fully saturated rings. The number of amides is 1. The van der Waals surface area contributed by atoms with Gasteiger partial charge in [-0.3, -0.25) is 9.59 Å². The molecule has 9 heteroatoms. The zero-order valence-electron chi connectivity index (χ0n) is 16.8. The normalized spacial score (nSPS) is 13.6. The number of aromatic nitrogens is 3.